The summed E-state index contributed by atoms with van der Waals surface area (Å²) in [6.07, 6.45) is 5.13. The van der Waals surface area contributed by atoms with Gasteiger partial charge in [0.05, 0.1) is 6.61 Å². The molecule has 3 N–H and O–H groups in total. The van der Waals surface area contributed by atoms with Crippen LogP contribution in [0.15, 0.2) is 54.9 Å². The number of benzene rings is 1. The van der Waals surface area contributed by atoms with Crippen molar-refractivity contribution in [1.29, 1.82) is 0 Å². The summed E-state index contributed by atoms with van der Waals surface area (Å²) < 4.78 is 7.80. The number of rotatable bonds is 5. The molecule has 0 radical (unpaired) electrons. The first-order chi connectivity index (χ1) is 8.34. The van der Waals surface area contributed by atoms with Crippen molar-refractivity contribution in [1.82, 2.24) is 0 Å². The van der Waals surface area contributed by atoms with Crippen LogP contribution in [0.3, 0.4) is 0 Å². The Kier molecular flexibility index (Phi) is 4.11. The lowest BCUT2D eigenvalue weighted by Gasteiger charge is -2.04. The zero-order valence-corrected chi connectivity index (χ0v) is 9.88. The van der Waals surface area contributed by atoms with Crippen LogP contribution in [0.4, 0.5) is 5.69 Å². The molecule has 1 heterocycles. The van der Waals surface area contributed by atoms with Crippen molar-refractivity contribution in [3.05, 3.63) is 54.9 Å². The van der Waals surface area contributed by atoms with E-state index in [9.17, 15) is 0 Å². The molecular weight excluding hydrogens is 212 g/mol. The number of hydrogen-bond acceptors (Lipinski definition) is 1. The van der Waals surface area contributed by atoms with Gasteiger partial charge in [0, 0.05) is 30.7 Å². The second-order valence-corrected chi connectivity index (χ2v) is 3.96. The van der Waals surface area contributed by atoms with Crippen LogP contribution in [0, 0.1) is 0 Å². The summed E-state index contributed by atoms with van der Waals surface area (Å²) in [7, 11) is 0. The molecule has 3 nitrogen and oxygen atoms in total. The van der Waals surface area contributed by atoms with Gasteiger partial charge in [0.15, 0.2) is 18.9 Å². The Morgan fingerprint density at radius 1 is 1.00 bits per heavy atom. The van der Waals surface area contributed by atoms with Crippen molar-refractivity contribution in [3.8, 4) is 5.75 Å². The molecule has 1 aromatic carbocycles. The Morgan fingerprint density at radius 2 is 1.71 bits per heavy atom. The standard InChI is InChI=1S/C14H17N2O/c15-13-5-7-14(8-6-13)17-12-4-11-16-9-2-1-3-10-16/h1-3,5-10H,4,11-12,15H2/q+1/p+1. The van der Waals surface area contributed by atoms with E-state index in [-0.39, 0.29) is 0 Å². The summed E-state index contributed by atoms with van der Waals surface area (Å²) in [4.78, 5) is 0. The van der Waals surface area contributed by atoms with E-state index in [2.05, 4.69) is 22.7 Å². The monoisotopic (exact) mass is 230 g/mol. The predicted molar refractivity (Wildman–Crippen MR) is 65.7 cm³/mol. The number of ether oxygens (including phenoxy) is 1. The summed E-state index contributed by atoms with van der Waals surface area (Å²) >= 11 is 0. The van der Waals surface area contributed by atoms with Gasteiger partial charge >= 0.3 is 0 Å². The van der Waals surface area contributed by atoms with Gasteiger partial charge in [0.1, 0.15) is 11.4 Å². The normalized spacial score (nSPS) is 10.2. The van der Waals surface area contributed by atoms with Gasteiger partial charge in [0.2, 0.25) is 0 Å². The van der Waals surface area contributed by atoms with Crippen LogP contribution in [0.25, 0.3) is 0 Å². The highest BCUT2D eigenvalue weighted by atomic mass is 16.5. The summed E-state index contributed by atoms with van der Waals surface area (Å²) in [6.45, 7) is 1.71. The fourth-order valence-electron chi connectivity index (χ4n) is 1.61. The minimum Gasteiger partial charge on any atom is -0.493 e. The Balaban J connectivity index is 1.71. The van der Waals surface area contributed by atoms with Gasteiger partial charge in [-0.25, -0.2) is 4.57 Å². The van der Waals surface area contributed by atoms with Crippen molar-refractivity contribution >= 4 is 5.69 Å². The molecule has 88 valence electrons. The molecule has 0 unspecified atom stereocenters. The SMILES string of the molecule is [NH3+]c1ccc(OCCC[n+]2ccccc2)cc1. The minimum atomic E-state index is 0.735. The van der Waals surface area contributed by atoms with E-state index in [0.29, 0.717) is 0 Å². The predicted octanol–water partition coefficient (Wildman–Crippen LogP) is 1.32. The van der Waals surface area contributed by atoms with Gasteiger partial charge in [0.25, 0.3) is 0 Å². The van der Waals surface area contributed by atoms with E-state index in [1.165, 1.54) is 0 Å². The van der Waals surface area contributed by atoms with E-state index >= 15 is 0 Å². The molecule has 0 fully saturated rings. The van der Waals surface area contributed by atoms with Gasteiger partial charge in [-0.15, -0.1) is 0 Å². The summed E-state index contributed by atoms with van der Waals surface area (Å²) in [6, 6.07) is 13.9. The first-order valence-corrected chi connectivity index (χ1v) is 5.83. The van der Waals surface area contributed by atoms with Crippen LogP contribution < -0.4 is 15.0 Å². The summed E-state index contributed by atoms with van der Waals surface area (Å²) in [5, 5.41) is 0. The third kappa shape index (κ3) is 3.89. The molecule has 17 heavy (non-hydrogen) atoms. The molecule has 0 bridgehead atoms. The van der Waals surface area contributed by atoms with Crippen molar-refractivity contribution in [2.75, 3.05) is 6.61 Å². The largest absolute Gasteiger partial charge is 0.493 e. The van der Waals surface area contributed by atoms with E-state index in [4.69, 9.17) is 4.74 Å². The molecule has 1 aromatic heterocycles. The number of hydrogen-bond donors (Lipinski definition) is 1. The molecule has 2 rings (SSSR count). The molecule has 0 saturated carbocycles. The highest BCUT2D eigenvalue weighted by Gasteiger charge is 1.99. The Labute approximate surface area is 101 Å². The molecule has 0 atom stereocenters. The molecule has 0 spiro atoms. The molecule has 0 amide bonds. The Hall–Kier alpha value is -1.87. The zero-order valence-electron chi connectivity index (χ0n) is 9.88. The summed E-state index contributed by atoms with van der Waals surface area (Å²) in [5.74, 6) is 0.912. The molecule has 0 aliphatic carbocycles. The van der Waals surface area contributed by atoms with Gasteiger partial charge in [-0.3, -0.25) is 0 Å². The van der Waals surface area contributed by atoms with Gasteiger partial charge in [-0.05, 0) is 12.1 Å². The summed E-state index contributed by atoms with van der Waals surface area (Å²) in [5.41, 5.74) is 4.85. The topological polar surface area (TPSA) is 40.8 Å². The fraction of sp³-hybridized carbons (Fsp3) is 0.214. The molecule has 3 heteroatoms. The smallest absolute Gasteiger partial charge is 0.168 e. The minimum absolute atomic E-state index is 0.735. The van der Waals surface area contributed by atoms with Crippen LogP contribution in [-0.2, 0) is 6.54 Å². The highest BCUT2D eigenvalue weighted by Crippen LogP contribution is 2.12. The third-order valence-electron chi connectivity index (χ3n) is 2.53. The second-order valence-electron chi connectivity index (χ2n) is 3.96. The average Bonchev–Trinajstić information content (AvgIpc) is 2.38. The molecular formula is C14H18N2O+2. The number of pyridine rings is 1. The van der Waals surface area contributed by atoms with E-state index < -0.39 is 0 Å². The van der Waals surface area contributed by atoms with Crippen molar-refractivity contribution in [2.45, 2.75) is 13.0 Å². The number of nitrogens with zero attached hydrogens (tertiary/aromatic N) is 1. The van der Waals surface area contributed by atoms with E-state index in [1.807, 2.05) is 42.5 Å². The van der Waals surface area contributed by atoms with Crippen LogP contribution in [0.1, 0.15) is 6.42 Å². The Morgan fingerprint density at radius 3 is 2.41 bits per heavy atom. The Bertz CT molecular complexity index is 440. The maximum Gasteiger partial charge on any atom is 0.168 e. The van der Waals surface area contributed by atoms with Crippen LogP contribution in [-0.4, -0.2) is 6.61 Å². The van der Waals surface area contributed by atoms with E-state index in [1.54, 1.807) is 0 Å². The molecule has 2 aromatic rings. The van der Waals surface area contributed by atoms with Crippen molar-refractivity contribution < 1.29 is 15.0 Å². The quantitative estimate of drug-likeness (QED) is 0.611. The van der Waals surface area contributed by atoms with Gasteiger partial charge < -0.3 is 10.5 Å². The first-order valence-electron chi connectivity index (χ1n) is 5.83. The van der Waals surface area contributed by atoms with Gasteiger partial charge in [-0.1, -0.05) is 6.07 Å². The van der Waals surface area contributed by atoms with Crippen LogP contribution >= 0.6 is 0 Å². The first kappa shape index (κ1) is 11.6. The lowest BCUT2D eigenvalue weighted by atomic mass is 10.3. The second kappa shape index (κ2) is 6.01. The zero-order chi connectivity index (χ0) is 11.9. The maximum atomic E-state index is 5.64. The van der Waals surface area contributed by atoms with Crippen molar-refractivity contribution in [3.63, 3.8) is 0 Å². The van der Waals surface area contributed by atoms with Crippen molar-refractivity contribution in [2.24, 2.45) is 0 Å². The third-order valence-corrected chi connectivity index (χ3v) is 2.53. The lowest BCUT2D eigenvalue weighted by Crippen LogP contribution is -2.39. The van der Waals surface area contributed by atoms with Crippen LogP contribution in [0.5, 0.6) is 5.75 Å². The number of quaternary nitrogens is 1. The average molecular weight is 230 g/mol. The maximum absolute atomic E-state index is 5.64. The van der Waals surface area contributed by atoms with E-state index in [0.717, 1.165) is 31.0 Å². The van der Waals surface area contributed by atoms with Crippen LogP contribution in [0.2, 0.25) is 0 Å². The van der Waals surface area contributed by atoms with Gasteiger partial charge in [-0.2, -0.15) is 0 Å². The molecule has 0 saturated heterocycles. The number of aromatic nitrogens is 1. The lowest BCUT2D eigenvalue weighted by molar-refractivity contribution is -0.697. The highest BCUT2D eigenvalue weighted by molar-refractivity contribution is 5.34. The number of aryl methyl sites for hydroxylation is 1. The molecule has 0 aliphatic rings. The fourth-order valence-corrected chi connectivity index (χ4v) is 1.61. The molecule has 0 aliphatic heterocycles.